The van der Waals surface area contributed by atoms with Gasteiger partial charge in [-0.15, -0.1) is 0 Å². The summed E-state index contributed by atoms with van der Waals surface area (Å²) in [6.45, 7) is 0. The number of hydrogen-bond acceptors (Lipinski definition) is 1. The molecular formula is C11H11BrClNO. The molecule has 1 saturated carbocycles. The van der Waals surface area contributed by atoms with Crippen LogP contribution in [0.5, 0.6) is 0 Å². The number of nitrogens with one attached hydrogen (secondary N) is 1. The molecule has 1 aromatic rings. The van der Waals surface area contributed by atoms with Gasteiger partial charge in [-0.3, -0.25) is 4.79 Å². The second kappa shape index (κ2) is 4.54. The summed E-state index contributed by atoms with van der Waals surface area (Å²) in [7, 11) is 0. The number of carbonyl (C=O) groups is 1. The van der Waals surface area contributed by atoms with Crippen molar-refractivity contribution in [1.29, 1.82) is 0 Å². The van der Waals surface area contributed by atoms with Gasteiger partial charge in [0, 0.05) is 10.5 Å². The lowest BCUT2D eigenvalue weighted by molar-refractivity contribution is 0.0916. The Labute approximate surface area is 102 Å². The summed E-state index contributed by atoms with van der Waals surface area (Å²) >= 11 is 9.23. The van der Waals surface area contributed by atoms with Crippen LogP contribution in [-0.4, -0.2) is 11.9 Å². The molecule has 80 valence electrons. The minimum atomic E-state index is -0.0472. The lowest BCUT2D eigenvalue weighted by Crippen LogP contribution is -2.39. The van der Waals surface area contributed by atoms with Crippen molar-refractivity contribution in [2.75, 3.05) is 0 Å². The average molecular weight is 289 g/mol. The number of hydrogen-bond donors (Lipinski definition) is 1. The van der Waals surface area contributed by atoms with Gasteiger partial charge in [-0.2, -0.15) is 0 Å². The molecule has 15 heavy (non-hydrogen) atoms. The molecule has 0 atom stereocenters. The van der Waals surface area contributed by atoms with E-state index in [9.17, 15) is 4.79 Å². The minimum absolute atomic E-state index is 0.0472. The van der Waals surface area contributed by atoms with Gasteiger partial charge in [0.1, 0.15) is 0 Å². The van der Waals surface area contributed by atoms with Crippen molar-refractivity contribution in [3.63, 3.8) is 0 Å². The topological polar surface area (TPSA) is 29.1 Å². The minimum Gasteiger partial charge on any atom is -0.349 e. The van der Waals surface area contributed by atoms with Crippen LogP contribution in [0.2, 0.25) is 5.02 Å². The van der Waals surface area contributed by atoms with Gasteiger partial charge < -0.3 is 5.32 Å². The van der Waals surface area contributed by atoms with E-state index in [1.807, 2.05) is 0 Å². The van der Waals surface area contributed by atoms with E-state index in [1.165, 1.54) is 6.42 Å². The lowest BCUT2D eigenvalue weighted by Gasteiger charge is -2.26. The van der Waals surface area contributed by atoms with Crippen molar-refractivity contribution in [3.05, 3.63) is 33.3 Å². The van der Waals surface area contributed by atoms with Gasteiger partial charge in [-0.25, -0.2) is 0 Å². The van der Waals surface area contributed by atoms with Crippen LogP contribution in [0.15, 0.2) is 22.7 Å². The highest BCUT2D eigenvalue weighted by atomic mass is 79.9. The Balaban J connectivity index is 2.13. The molecule has 1 N–H and O–H groups in total. The molecule has 1 amide bonds. The standard InChI is InChI=1S/C11H11BrClNO/c12-10-8(5-2-6-9(10)13)11(15)14-7-3-1-4-7/h2,5-7H,1,3-4H2,(H,14,15). The largest absolute Gasteiger partial charge is 0.349 e. The maximum Gasteiger partial charge on any atom is 0.252 e. The maximum absolute atomic E-state index is 11.8. The van der Waals surface area contributed by atoms with Gasteiger partial charge in [0.25, 0.3) is 5.91 Å². The van der Waals surface area contributed by atoms with Crippen LogP contribution in [0.1, 0.15) is 29.6 Å². The number of amides is 1. The van der Waals surface area contributed by atoms with Crippen LogP contribution in [0.25, 0.3) is 0 Å². The predicted molar refractivity (Wildman–Crippen MR) is 64.3 cm³/mol. The number of halogens is 2. The van der Waals surface area contributed by atoms with Crippen molar-refractivity contribution in [3.8, 4) is 0 Å². The van der Waals surface area contributed by atoms with Crippen molar-refractivity contribution in [2.45, 2.75) is 25.3 Å². The first-order chi connectivity index (χ1) is 7.18. The van der Waals surface area contributed by atoms with Gasteiger partial charge in [-0.1, -0.05) is 17.7 Å². The zero-order chi connectivity index (χ0) is 10.8. The van der Waals surface area contributed by atoms with Crippen molar-refractivity contribution < 1.29 is 4.79 Å². The molecule has 0 bridgehead atoms. The quantitative estimate of drug-likeness (QED) is 0.888. The van der Waals surface area contributed by atoms with Crippen molar-refractivity contribution in [2.24, 2.45) is 0 Å². The van der Waals surface area contributed by atoms with E-state index in [1.54, 1.807) is 18.2 Å². The van der Waals surface area contributed by atoms with Gasteiger partial charge in [0.2, 0.25) is 0 Å². The fraction of sp³-hybridized carbons (Fsp3) is 0.364. The molecule has 0 aromatic heterocycles. The molecule has 0 radical (unpaired) electrons. The third kappa shape index (κ3) is 2.34. The summed E-state index contributed by atoms with van der Waals surface area (Å²) in [5.74, 6) is -0.0472. The van der Waals surface area contributed by atoms with E-state index in [-0.39, 0.29) is 5.91 Å². The average Bonchev–Trinajstić information content (AvgIpc) is 2.15. The van der Waals surface area contributed by atoms with Crippen molar-refractivity contribution >= 4 is 33.4 Å². The van der Waals surface area contributed by atoms with Crippen LogP contribution in [0.3, 0.4) is 0 Å². The molecule has 0 saturated heterocycles. The lowest BCUT2D eigenvalue weighted by atomic mass is 9.93. The SMILES string of the molecule is O=C(NC1CCC1)c1cccc(Cl)c1Br. The molecule has 4 heteroatoms. The Hall–Kier alpha value is -0.540. The van der Waals surface area contributed by atoms with E-state index < -0.39 is 0 Å². The fourth-order valence-corrected chi connectivity index (χ4v) is 2.11. The van der Waals surface area contributed by atoms with Crippen LogP contribution in [0.4, 0.5) is 0 Å². The van der Waals surface area contributed by atoms with Crippen LogP contribution in [-0.2, 0) is 0 Å². The highest BCUT2D eigenvalue weighted by molar-refractivity contribution is 9.10. The molecule has 0 spiro atoms. The summed E-state index contributed by atoms with van der Waals surface area (Å²) in [4.78, 5) is 11.8. The number of benzene rings is 1. The molecule has 1 aliphatic rings. The Kier molecular flexibility index (Phi) is 3.32. The zero-order valence-corrected chi connectivity index (χ0v) is 10.4. The Morgan fingerprint density at radius 1 is 1.47 bits per heavy atom. The Bertz CT molecular complexity index is 390. The van der Waals surface area contributed by atoms with Crippen LogP contribution in [0, 0.1) is 0 Å². The molecule has 0 unspecified atom stereocenters. The molecule has 2 rings (SSSR count). The molecular weight excluding hydrogens is 277 g/mol. The molecule has 0 heterocycles. The summed E-state index contributed by atoms with van der Waals surface area (Å²) in [5, 5.41) is 3.54. The first kappa shape index (κ1) is 11.0. The van der Waals surface area contributed by atoms with Crippen LogP contribution < -0.4 is 5.32 Å². The molecule has 1 aromatic carbocycles. The third-order valence-electron chi connectivity index (χ3n) is 2.64. The first-order valence-corrected chi connectivity index (χ1v) is 6.10. The number of carbonyl (C=O) groups excluding carboxylic acids is 1. The van der Waals surface area contributed by atoms with E-state index in [0.29, 0.717) is 21.1 Å². The number of rotatable bonds is 2. The highest BCUT2D eigenvalue weighted by Gasteiger charge is 2.21. The Morgan fingerprint density at radius 2 is 2.20 bits per heavy atom. The van der Waals surface area contributed by atoms with E-state index in [4.69, 9.17) is 11.6 Å². The summed E-state index contributed by atoms with van der Waals surface area (Å²) < 4.78 is 0.670. The monoisotopic (exact) mass is 287 g/mol. The third-order valence-corrected chi connectivity index (χ3v) is 4.03. The van der Waals surface area contributed by atoms with Gasteiger partial charge in [0.05, 0.1) is 10.6 Å². The fourth-order valence-electron chi connectivity index (χ4n) is 1.49. The van der Waals surface area contributed by atoms with Crippen molar-refractivity contribution in [1.82, 2.24) is 5.32 Å². The van der Waals surface area contributed by atoms with Gasteiger partial charge in [0.15, 0.2) is 0 Å². The highest BCUT2D eigenvalue weighted by Crippen LogP contribution is 2.27. The van der Waals surface area contributed by atoms with Gasteiger partial charge >= 0.3 is 0 Å². The second-order valence-electron chi connectivity index (χ2n) is 3.70. The summed E-state index contributed by atoms with van der Waals surface area (Å²) in [6, 6.07) is 5.65. The van der Waals surface area contributed by atoms with E-state index in [0.717, 1.165) is 12.8 Å². The zero-order valence-electron chi connectivity index (χ0n) is 8.09. The molecule has 2 nitrogen and oxygen atoms in total. The van der Waals surface area contributed by atoms with E-state index in [2.05, 4.69) is 21.2 Å². The summed E-state index contributed by atoms with van der Waals surface area (Å²) in [6.07, 6.45) is 3.38. The van der Waals surface area contributed by atoms with E-state index >= 15 is 0 Å². The molecule has 0 aliphatic heterocycles. The second-order valence-corrected chi connectivity index (χ2v) is 4.90. The molecule has 1 aliphatic carbocycles. The normalized spacial score (nSPS) is 15.9. The summed E-state index contributed by atoms with van der Waals surface area (Å²) in [5.41, 5.74) is 0.606. The Morgan fingerprint density at radius 3 is 2.80 bits per heavy atom. The van der Waals surface area contributed by atoms with Gasteiger partial charge in [-0.05, 0) is 47.3 Å². The molecule has 1 fully saturated rings. The first-order valence-electron chi connectivity index (χ1n) is 4.93. The maximum atomic E-state index is 11.8. The predicted octanol–water partition coefficient (Wildman–Crippen LogP) is 3.38. The smallest absolute Gasteiger partial charge is 0.252 e. The van der Waals surface area contributed by atoms with Crippen LogP contribution >= 0.6 is 27.5 Å².